The second-order valence-electron chi connectivity index (χ2n) is 3.17. The van der Waals surface area contributed by atoms with Crippen LogP contribution in [0.15, 0.2) is 18.2 Å². The summed E-state index contributed by atoms with van der Waals surface area (Å²) < 4.78 is 17.9. The Morgan fingerprint density at radius 1 is 1.67 bits per heavy atom. The molecular formula is C10H12FNO3. The number of aliphatic carboxylic acids is 1. The van der Waals surface area contributed by atoms with Gasteiger partial charge >= 0.3 is 5.97 Å². The maximum absolute atomic E-state index is 12.9. The number of aryl methyl sites for hydroxylation is 1. The molecule has 0 radical (unpaired) electrons. The van der Waals surface area contributed by atoms with Gasteiger partial charge in [0.15, 0.2) is 0 Å². The Balaban J connectivity index is 2.58. The molecule has 3 N–H and O–H groups in total. The normalized spacial score (nSPS) is 12.2. The van der Waals surface area contributed by atoms with E-state index < -0.39 is 12.0 Å². The van der Waals surface area contributed by atoms with E-state index in [0.29, 0.717) is 11.3 Å². The van der Waals surface area contributed by atoms with E-state index >= 15 is 0 Å². The first-order valence-electron chi connectivity index (χ1n) is 4.38. The van der Waals surface area contributed by atoms with Crippen LogP contribution in [0.5, 0.6) is 5.75 Å². The number of benzene rings is 1. The van der Waals surface area contributed by atoms with Crippen molar-refractivity contribution in [3.63, 3.8) is 0 Å². The summed E-state index contributed by atoms with van der Waals surface area (Å²) >= 11 is 0. The second kappa shape index (κ2) is 4.75. The van der Waals surface area contributed by atoms with Gasteiger partial charge in [0, 0.05) is 0 Å². The molecule has 1 aromatic carbocycles. The quantitative estimate of drug-likeness (QED) is 0.780. The van der Waals surface area contributed by atoms with Gasteiger partial charge in [0.25, 0.3) is 0 Å². The van der Waals surface area contributed by atoms with E-state index in [1.165, 1.54) is 18.2 Å². The lowest BCUT2D eigenvalue weighted by Crippen LogP contribution is -2.36. The highest BCUT2D eigenvalue weighted by molar-refractivity contribution is 5.73. The zero-order valence-corrected chi connectivity index (χ0v) is 8.24. The number of ether oxygens (including phenoxy) is 1. The Hall–Kier alpha value is -1.62. The number of carbonyl (C=O) groups is 1. The van der Waals surface area contributed by atoms with Gasteiger partial charge in [-0.05, 0) is 30.7 Å². The molecule has 0 aliphatic heterocycles. The Morgan fingerprint density at radius 2 is 2.33 bits per heavy atom. The fourth-order valence-electron chi connectivity index (χ4n) is 0.964. The van der Waals surface area contributed by atoms with Crippen LogP contribution >= 0.6 is 0 Å². The first-order chi connectivity index (χ1) is 7.00. The summed E-state index contributed by atoms with van der Waals surface area (Å²) in [6, 6.07) is 3.10. The summed E-state index contributed by atoms with van der Waals surface area (Å²) in [5.41, 5.74) is 5.67. The molecular weight excluding hydrogens is 201 g/mol. The molecule has 0 saturated heterocycles. The molecule has 0 aliphatic rings. The number of hydrogen-bond acceptors (Lipinski definition) is 3. The molecule has 82 valence electrons. The van der Waals surface area contributed by atoms with Crippen molar-refractivity contribution in [2.75, 3.05) is 6.61 Å². The Labute approximate surface area is 86.5 Å². The van der Waals surface area contributed by atoms with Gasteiger partial charge in [0.05, 0.1) is 0 Å². The van der Waals surface area contributed by atoms with Crippen molar-refractivity contribution in [2.24, 2.45) is 5.73 Å². The predicted molar refractivity (Wildman–Crippen MR) is 52.2 cm³/mol. The first-order valence-corrected chi connectivity index (χ1v) is 4.38. The fourth-order valence-corrected chi connectivity index (χ4v) is 0.964. The van der Waals surface area contributed by atoms with Crippen LogP contribution in [0.25, 0.3) is 0 Å². The van der Waals surface area contributed by atoms with Crippen LogP contribution in [0.4, 0.5) is 4.39 Å². The number of carboxylic acid groups (broad SMARTS) is 1. The summed E-state index contributed by atoms with van der Waals surface area (Å²) in [6.07, 6.45) is 0. The molecule has 0 heterocycles. The van der Waals surface area contributed by atoms with Crippen LogP contribution in [-0.4, -0.2) is 23.7 Å². The van der Waals surface area contributed by atoms with E-state index in [-0.39, 0.29) is 12.4 Å². The molecule has 1 rings (SSSR count). The number of rotatable bonds is 4. The molecule has 1 atom stereocenters. The summed E-state index contributed by atoms with van der Waals surface area (Å²) in [5.74, 6) is -1.05. The average Bonchev–Trinajstić information content (AvgIpc) is 2.19. The zero-order valence-electron chi connectivity index (χ0n) is 8.24. The van der Waals surface area contributed by atoms with E-state index in [1.54, 1.807) is 6.92 Å². The number of halogens is 1. The summed E-state index contributed by atoms with van der Waals surface area (Å²) in [4.78, 5) is 10.4. The molecule has 1 aromatic rings. The van der Waals surface area contributed by atoms with E-state index in [2.05, 4.69) is 0 Å². The molecule has 0 spiro atoms. The zero-order chi connectivity index (χ0) is 11.4. The third-order valence-electron chi connectivity index (χ3n) is 1.88. The first kappa shape index (κ1) is 11.5. The van der Waals surface area contributed by atoms with Crippen LogP contribution in [0.1, 0.15) is 5.56 Å². The van der Waals surface area contributed by atoms with Gasteiger partial charge in [0.2, 0.25) is 0 Å². The van der Waals surface area contributed by atoms with E-state index in [4.69, 9.17) is 15.6 Å². The molecule has 0 bridgehead atoms. The van der Waals surface area contributed by atoms with Gasteiger partial charge in [-0.2, -0.15) is 0 Å². The Morgan fingerprint density at radius 3 is 2.87 bits per heavy atom. The van der Waals surface area contributed by atoms with Gasteiger partial charge in [-0.1, -0.05) is 0 Å². The third-order valence-corrected chi connectivity index (χ3v) is 1.88. The van der Waals surface area contributed by atoms with Gasteiger partial charge in [0.1, 0.15) is 24.2 Å². The highest BCUT2D eigenvalue weighted by Gasteiger charge is 2.12. The monoisotopic (exact) mass is 213 g/mol. The van der Waals surface area contributed by atoms with Crippen molar-refractivity contribution in [3.05, 3.63) is 29.6 Å². The van der Waals surface area contributed by atoms with Crippen molar-refractivity contribution in [2.45, 2.75) is 13.0 Å². The highest BCUT2D eigenvalue weighted by atomic mass is 19.1. The summed E-state index contributed by atoms with van der Waals surface area (Å²) in [5, 5.41) is 8.49. The van der Waals surface area contributed by atoms with E-state index in [1.807, 2.05) is 0 Å². The molecule has 0 fully saturated rings. The van der Waals surface area contributed by atoms with Gasteiger partial charge in [-0.25, -0.2) is 4.39 Å². The topological polar surface area (TPSA) is 72.5 Å². The third kappa shape index (κ3) is 3.21. The minimum absolute atomic E-state index is 0.138. The van der Waals surface area contributed by atoms with Gasteiger partial charge < -0.3 is 15.6 Å². The van der Waals surface area contributed by atoms with Crippen LogP contribution in [0.2, 0.25) is 0 Å². The lowest BCUT2D eigenvalue weighted by Gasteiger charge is -2.09. The minimum Gasteiger partial charge on any atom is -0.491 e. The number of hydrogen-bond donors (Lipinski definition) is 2. The second-order valence-corrected chi connectivity index (χ2v) is 3.17. The summed E-state index contributed by atoms with van der Waals surface area (Å²) in [7, 11) is 0. The average molecular weight is 213 g/mol. The van der Waals surface area contributed by atoms with Gasteiger partial charge in [-0.15, -0.1) is 0 Å². The fraction of sp³-hybridized carbons (Fsp3) is 0.300. The van der Waals surface area contributed by atoms with Crippen LogP contribution < -0.4 is 10.5 Å². The highest BCUT2D eigenvalue weighted by Crippen LogP contribution is 2.15. The van der Waals surface area contributed by atoms with Crippen LogP contribution in [0, 0.1) is 12.7 Å². The molecule has 5 heteroatoms. The van der Waals surface area contributed by atoms with Crippen molar-refractivity contribution in [1.82, 2.24) is 0 Å². The molecule has 0 unspecified atom stereocenters. The van der Waals surface area contributed by atoms with E-state index in [9.17, 15) is 9.18 Å². The van der Waals surface area contributed by atoms with Crippen LogP contribution in [0.3, 0.4) is 0 Å². The maximum atomic E-state index is 12.9. The van der Waals surface area contributed by atoms with Crippen molar-refractivity contribution < 1.29 is 19.0 Å². The maximum Gasteiger partial charge on any atom is 0.324 e. The van der Waals surface area contributed by atoms with Crippen molar-refractivity contribution >= 4 is 5.97 Å². The standard InChI is InChI=1S/C10H12FNO3/c1-6-4-7(2-3-8(6)11)15-5-9(12)10(13)14/h2-4,9H,5,12H2,1H3,(H,13,14)/t9-/m0/s1. The SMILES string of the molecule is Cc1cc(OC[C@H](N)C(=O)O)ccc1F. The molecule has 0 amide bonds. The predicted octanol–water partition coefficient (Wildman–Crippen LogP) is 0.925. The molecule has 15 heavy (non-hydrogen) atoms. The van der Waals surface area contributed by atoms with Crippen molar-refractivity contribution in [3.8, 4) is 5.75 Å². The minimum atomic E-state index is -1.13. The van der Waals surface area contributed by atoms with Gasteiger partial charge in [-0.3, -0.25) is 4.79 Å². The lowest BCUT2D eigenvalue weighted by atomic mass is 10.2. The molecule has 4 nitrogen and oxygen atoms in total. The molecule has 0 aromatic heterocycles. The number of carboxylic acids is 1. The number of nitrogens with two attached hydrogens (primary N) is 1. The van der Waals surface area contributed by atoms with E-state index in [0.717, 1.165) is 0 Å². The summed E-state index contributed by atoms with van der Waals surface area (Å²) in [6.45, 7) is 1.46. The molecule has 0 saturated carbocycles. The molecule has 0 aliphatic carbocycles. The Bertz CT molecular complexity index is 368. The van der Waals surface area contributed by atoms with Crippen molar-refractivity contribution in [1.29, 1.82) is 0 Å². The smallest absolute Gasteiger partial charge is 0.324 e. The van der Waals surface area contributed by atoms with Crippen LogP contribution in [-0.2, 0) is 4.79 Å². The lowest BCUT2D eigenvalue weighted by molar-refractivity contribution is -0.139. The Kier molecular flexibility index (Phi) is 3.62. The largest absolute Gasteiger partial charge is 0.491 e.